The van der Waals surface area contributed by atoms with E-state index in [9.17, 15) is 4.39 Å². The molecule has 0 amide bonds. The van der Waals surface area contributed by atoms with Crippen molar-refractivity contribution in [1.82, 2.24) is 0 Å². The predicted octanol–water partition coefficient (Wildman–Crippen LogP) is 4.01. The molecule has 84 valence electrons. The molecule has 2 N–H and O–H groups in total. The van der Waals surface area contributed by atoms with Crippen LogP contribution in [-0.2, 0) is 0 Å². The Morgan fingerprint density at radius 2 is 2.12 bits per heavy atom. The van der Waals surface area contributed by atoms with Gasteiger partial charge in [-0.3, -0.25) is 0 Å². The van der Waals surface area contributed by atoms with Crippen LogP contribution in [0.1, 0.15) is 24.8 Å². The fourth-order valence-corrected chi connectivity index (χ4v) is 2.66. The molecule has 16 heavy (non-hydrogen) atoms. The molecule has 1 heterocycles. The van der Waals surface area contributed by atoms with Crippen LogP contribution in [0.25, 0.3) is 10.1 Å². The van der Waals surface area contributed by atoms with E-state index in [0.717, 1.165) is 15.0 Å². The molecule has 0 bridgehead atoms. The molecule has 0 aliphatic heterocycles. The molecule has 0 radical (unpaired) electrons. The Hall–Kier alpha value is -1.19. The van der Waals surface area contributed by atoms with E-state index in [-0.39, 0.29) is 11.9 Å². The van der Waals surface area contributed by atoms with Crippen LogP contribution in [0.2, 0.25) is 0 Å². The zero-order chi connectivity index (χ0) is 11.7. The molecule has 1 nitrogen and oxygen atoms in total. The van der Waals surface area contributed by atoms with Gasteiger partial charge in [0.2, 0.25) is 0 Å². The summed E-state index contributed by atoms with van der Waals surface area (Å²) in [6.07, 6.45) is 2.01. The largest absolute Gasteiger partial charge is 0.320 e. The molecule has 1 unspecified atom stereocenters. The minimum Gasteiger partial charge on any atom is -0.320 e. The summed E-state index contributed by atoms with van der Waals surface area (Å²) in [5, 5.41) is 0.928. The Morgan fingerprint density at radius 3 is 2.81 bits per heavy atom. The quantitative estimate of drug-likeness (QED) is 0.782. The highest BCUT2D eigenvalue weighted by Crippen LogP contribution is 2.30. The Kier molecular flexibility index (Phi) is 3.08. The lowest BCUT2D eigenvalue weighted by molar-refractivity contribution is 0.630. The van der Waals surface area contributed by atoms with Crippen LogP contribution in [0, 0.1) is 5.82 Å². The average molecular weight is 235 g/mol. The van der Waals surface area contributed by atoms with Crippen LogP contribution < -0.4 is 5.73 Å². The van der Waals surface area contributed by atoms with Gasteiger partial charge in [-0.15, -0.1) is 11.3 Å². The summed E-state index contributed by atoms with van der Waals surface area (Å²) < 4.78 is 14.1. The fourth-order valence-electron chi connectivity index (χ4n) is 1.64. The standard InChI is InChI=1S/C13H14FNS/c1-8(2)5-11(15)13-7-9-6-10(14)3-4-12(9)16-13/h3-7,11H,15H2,1-2H3. The van der Waals surface area contributed by atoms with E-state index in [2.05, 4.69) is 0 Å². The molecule has 1 atom stereocenters. The van der Waals surface area contributed by atoms with Crippen LogP contribution in [-0.4, -0.2) is 0 Å². The van der Waals surface area contributed by atoms with Crippen molar-refractivity contribution in [3.63, 3.8) is 0 Å². The molecule has 0 aliphatic carbocycles. The van der Waals surface area contributed by atoms with Gasteiger partial charge in [-0.2, -0.15) is 0 Å². The zero-order valence-electron chi connectivity index (χ0n) is 9.33. The van der Waals surface area contributed by atoms with Crippen LogP contribution in [0.3, 0.4) is 0 Å². The number of nitrogens with two attached hydrogens (primary N) is 1. The van der Waals surface area contributed by atoms with Crippen molar-refractivity contribution < 1.29 is 4.39 Å². The average Bonchev–Trinajstić information content (AvgIpc) is 2.59. The van der Waals surface area contributed by atoms with Gasteiger partial charge in [0.1, 0.15) is 5.82 Å². The van der Waals surface area contributed by atoms with Crippen molar-refractivity contribution in [2.24, 2.45) is 5.73 Å². The summed E-state index contributed by atoms with van der Waals surface area (Å²) in [5.41, 5.74) is 7.23. The number of thiophene rings is 1. The molecule has 0 aliphatic rings. The summed E-state index contributed by atoms with van der Waals surface area (Å²) in [5.74, 6) is -0.201. The molecule has 2 rings (SSSR count). The third kappa shape index (κ3) is 2.31. The van der Waals surface area contributed by atoms with Gasteiger partial charge in [0.25, 0.3) is 0 Å². The number of hydrogen-bond donors (Lipinski definition) is 1. The van der Waals surface area contributed by atoms with E-state index in [4.69, 9.17) is 5.73 Å². The third-order valence-corrected chi connectivity index (χ3v) is 3.56. The minimum atomic E-state index is -0.201. The molecule has 0 saturated carbocycles. The maximum atomic E-state index is 13.0. The van der Waals surface area contributed by atoms with Crippen LogP contribution in [0.15, 0.2) is 35.9 Å². The number of rotatable bonds is 2. The van der Waals surface area contributed by atoms with Gasteiger partial charge in [-0.25, -0.2) is 4.39 Å². The van der Waals surface area contributed by atoms with E-state index >= 15 is 0 Å². The topological polar surface area (TPSA) is 26.0 Å². The molecule has 0 saturated heterocycles. The van der Waals surface area contributed by atoms with Crippen LogP contribution >= 0.6 is 11.3 Å². The van der Waals surface area contributed by atoms with Gasteiger partial charge in [0.05, 0.1) is 6.04 Å². The van der Waals surface area contributed by atoms with Crippen molar-refractivity contribution in [3.05, 3.63) is 46.6 Å². The molecule has 0 fully saturated rings. The van der Waals surface area contributed by atoms with Crippen molar-refractivity contribution in [2.75, 3.05) is 0 Å². The Bertz CT molecular complexity index is 538. The highest BCUT2D eigenvalue weighted by Gasteiger charge is 2.08. The Balaban J connectivity index is 2.43. The lowest BCUT2D eigenvalue weighted by atomic mass is 10.1. The Labute approximate surface area is 98.4 Å². The number of benzene rings is 1. The second-order valence-corrected chi connectivity index (χ2v) is 5.22. The molecule has 1 aromatic carbocycles. The van der Waals surface area contributed by atoms with Crippen LogP contribution in [0.4, 0.5) is 4.39 Å². The van der Waals surface area contributed by atoms with Gasteiger partial charge in [0, 0.05) is 9.58 Å². The highest BCUT2D eigenvalue weighted by atomic mass is 32.1. The first-order valence-corrected chi connectivity index (χ1v) is 5.97. The highest BCUT2D eigenvalue weighted by molar-refractivity contribution is 7.19. The van der Waals surface area contributed by atoms with E-state index < -0.39 is 0 Å². The fraction of sp³-hybridized carbons (Fsp3) is 0.231. The predicted molar refractivity (Wildman–Crippen MR) is 68.1 cm³/mol. The molecule has 3 heteroatoms. The van der Waals surface area contributed by atoms with Gasteiger partial charge >= 0.3 is 0 Å². The number of allylic oxidation sites excluding steroid dienone is 1. The van der Waals surface area contributed by atoms with Gasteiger partial charge in [0.15, 0.2) is 0 Å². The first kappa shape index (κ1) is 11.3. The zero-order valence-corrected chi connectivity index (χ0v) is 10.1. The number of hydrogen-bond acceptors (Lipinski definition) is 2. The summed E-state index contributed by atoms with van der Waals surface area (Å²) in [7, 11) is 0. The molecular formula is C13H14FNS. The normalized spacial score (nSPS) is 12.8. The minimum absolute atomic E-state index is 0.0922. The summed E-state index contributed by atoms with van der Waals surface area (Å²) in [6.45, 7) is 4.04. The lowest BCUT2D eigenvalue weighted by Gasteiger charge is -2.02. The Morgan fingerprint density at radius 1 is 1.38 bits per heavy atom. The van der Waals surface area contributed by atoms with Gasteiger partial charge in [-0.1, -0.05) is 11.6 Å². The van der Waals surface area contributed by atoms with E-state index in [1.807, 2.05) is 26.0 Å². The maximum absolute atomic E-state index is 13.0. The summed E-state index contributed by atoms with van der Waals surface area (Å²) >= 11 is 1.62. The smallest absolute Gasteiger partial charge is 0.123 e. The van der Waals surface area contributed by atoms with Gasteiger partial charge < -0.3 is 5.73 Å². The van der Waals surface area contributed by atoms with E-state index in [1.54, 1.807) is 23.5 Å². The third-order valence-electron chi connectivity index (χ3n) is 2.34. The van der Waals surface area contributed by atoms with Crippen LogP contribution in [0.5, 0.6) is 0 Å². The SMILES string of the molecule is CC(C)=CC(N)c1cc2cc(F)ccc2s1. The molecule has 0 spiro atoms. The lowest BCUT2D eigenvalue weighted by Crippen LogP contribution is -2.04. The summed E-state index contributed by atoms with van der Waals surface area (Å²) in [4.78, 5) is 1.07. The van der Waals surface area contributed by atoms with E-state index in [0.29, 0.717) is 0 Å². The first-order valence-electron chi connectivity index (χ1n) is 5.16. The molecule has 2 aromatic rings. The maximum Gasteiger partial charge on any atom is 0.123 e. The van der Waals surface area contributed by atoms with Crippen molar-refractivity contribution in [3.8, 4) is 0 Å². The van der Waals surface area contributed by atoms with Crippen molar-refractivity contribution in [1.29, 1.82) is 0 Å². The first-order chi connectivity index (χ1) is 7.56. The number of halogens is 1. The molecule has 1 aromatic heterocycles. The van der Waals surface area contributed by atoms with Gasteiger partial charge in [-0.05, 0) is 43.5 Å². The molecular weight excluding hydrogens is 221 g/mol. The second-order valence-electron chi connectivity index (χ2n) is 4.10. The summed E-state index contributed by atoms with van der Waals surface area (Å²) in [6, 6.07) is 6.70. The van der Waals surface area contributed by atoms with Crippen molar-refractivity contribution >= 4 is 21.4 Å². The monoisotopic (exact) mass is 235 g/mol. The second kappa shape index (κ2) is 4.36. The number of fused-ring (bicyclic) bond motifs is 1. The van der Waals surface area contributed by atoms with E-state index in [1.165, 1.54) is 11.6 Å². The van der Waals surface area contributed by atoms with Crippen molar-refractivity contribution in [2.45, 2.75) is 19.9 Å².